The SMILES string of the molecule is Cc1ccc(C(=O)N2CCCC(CNC(C)C)C2)s1. The molecule has 0 aromatic carbocycles. The van der Waals surface area contributed by atoms with Gasteiger partial charge < -0.3 is 10.2 Å². The van der Waals surface area contributed by atoms with E-state index in [1.54, 1.807) is 11.3 Å². The molecule has 1 fully saturated rings. The molecule has 1 aromatic heterocycles. The molecular formula is C15H24N2OS. The summed E-state index contributed by atoms with van der Waals surface area (Å²) in [7, 11) is 0. The molecule has 0 aliphatic carbocycles. The maximum absolute atomic E-state index is 12.4. The van der Waals surface area contributed by atoms with Crippen LogP contribution in [0.2, 0.25) is 0 Å². The van der Waals surface area contributed by atoms with Crippen LogP contribution in [0.25, 0.3) is 0 Å². The number of likely N-dealkylation sites (tertiary alicyclic amines) is 1. The van der Waals surface area contributed by atoms with Crippen LogP contribution in [0.15, 0.2) is 12.1 Å². The van der Waals surface area contributed by atoms with Crippen LogP contribution in [0.3, 0.4) is 0 Å². The van der Waals surface area contributed by atoms with E-state index in [4.69, 9.17) is 0 Å². The third-order valence-corrected chi connectivity index (χ3v) is 4.56. The number of hydrogen-bond donors (Lipinski definition) is 1. The maximum Gasteiger partial charge on any atom is 0.263 e. The first kappa shape index (κ1) is 14.5. The van der Waals surface area contributed by atoms with Crippen molar-refractivity contribution in [2.24, 2.45) is 5.92 Å². The van der Waals surface area contributed by atoms with Gasteiger partial charge in [0.1, 0.15) is 0 Å². The van der Waals surface area contributed by atoms with Gasteiger partial charge in [-0.1, -0.05) is 13.8 Å². The summed E-state index contributed by atoms with van der Waals surface area (Å²) in [6, 6.07) is 4.50. The summed E-state index contributed by atoms with van der Waals surface area (Å²) in [5.74, 6) is 0.813. The predicted molar refractivity (Wildman–Crippen MR) is 80.8 cm³/mol. The Hall–Kier alpha value is -0.870. The van der Waals surface area contributed by atoms with Gasteiger partial charge in [-0.3, -0.25) is 4.79 Å². The van der Waals surface area contributed by atoms with Crippen LogP contribution < -0.4 is 5.32 Å². The third kappa shape index (κ3) is 4.05. The summed E-state index contributed by atoms with van der Waals surface area (Å²) in [5.41, 5.74) is 0. The molecule has 1 N–H and O–H groups in total. The Labute approximate surface area is 120 Å². The van der Waals surface area contributed by atoms with Crippen molar-refractivity contribution in [1.29, 1.82) is 0 Å². The minimum atomic E-state index is 0.215. The van der Waals surface area contributed by atoms with Crippen molar-refractivity contribution < 1.29 is 4.79 Å². The van der Waals surface area contributed by atoms with E-state index in [-0.39, 0.29) is 5.91 Å². The first-order chi connectivity index (χ1) is 9.06. The predicted octanol–water partition coefficient (Wildman–Crippen LogP) is 2.91. The quantitative estimate of drug-likeness (QED) is 0.920. The monoisotopic (exact) mass is 280 g/mol. The Morgan fingerprint density at radius 3 is 2.95 bits per heavy atom. The van der Waals surface area contributed by atoms with E-state index in [1.165, 1.54) is 11.3 Å². The number of thiophene rings is 1. The highest BCUT2D eigenvalue weighted by molar-refractivity contribution is 7.13. The van der Waals surface area contributed by atoms with Crippen molar-refractivity contribution in [3.8, 4) is 0 Å². The number of aryl methyl sites for hydroxylation is 1. The van der Waals surface area contributed by atoms with Crippen LogP contribution in [-0.2, 0) is 0 Å². The van der Waals surface area contributed by atoms with E-state index in [1.807, 2.05) is 24.0 Å². The summed E-state index contributed by atoms with van der Waals surface area (Å²) in [5, 5.41) is 3.48. The molecule has 3 nitrogen and oxygen atoms in total. The number of hydrogen-bond acceptors (Lipinski definition) is 3. The minimum Gasteiger partial charge on any atom is -0.338 e. The third-order valence-electron chi connectivity index (χ3n) is 3.57. The average molecular weight is 280 g/mol. The molecule has 1 aliphatic heterocycles. The van der Waals surface area contributed by atoms with E-state index in [0.717, 1.165) is 30.9 Å². The van der Waals surface area contributed by atoms with Gasteiger partial charge in [0, 0.05) is 24.0 Å². The van der Waals surface area contributed by atoms with Crippen LogP contribution >= 0.6 is 11.3 Å². The molecule has 19 heavy (non-hydrogen) atoms. The van der Waals surface area contributed by atoms with Gasteiger partial charge in [0.05, 0.1) is 4.88 Å². The molecule has 4 heteroatoms. The van der Waals surface area contributed by atoms with Crippen LogP contribution in [-0.4, -0.2) is 36.5 Å². The van der Waals surface area contributed by atoms with Gasteiger partial charge in [-0.05, 0) is 44.4 Å². The lowest BCUT2D eigenvalue weighted by molar-refractivity contribution is 0.0677. The van der Waals surface area contributed by atoms with E-state index < -0.39 is 0 Å². The Morgan fingerprint density at radius 2 is 2.32 bits per heavy atom. The molecule has 106 valence electrons. The molecule has 1 unspecified atom stereocenters. The van der Waals surface area contributed by atoms with Crippen molar-refractivity contribution in [2.45, 2.75) is 39.7 Å². The smallest absolute Gasteiger partial charge is 0.263 e. The summed E-state index contributed by atoms with van der Waals surface area (Å²) < 4.78 is 0. The van der Waals surface area contributed by atoms with Crippen molar-refractivity contribution in [1.82, 2.24) is 10.2 Å². The fraction of sp³-hybridized carbons (Fsp3) is 0.667. The molecule has 0 bridgehead atoms. The summed E-state index contributed by atoms with van der Waals surface area (Å²) in [4.78, 5) is 16.5. The van der Waals surface area contributed by atoms with Gasteiger partial charge in [-0.2, -0.15) is 0 Å². The lowest BCUT2D eigenvalue weighted by atomic mass is 9.97. The Kier molecular flexibility index (Phi) is 4.99. The largest absolute Gasteiger partial charge is 0.338 e. The molecule has 1 aliphatic rings. The normalized spacial score (nSPS) is 20.0. The molecule has 2 rings (SSSR count). The van der Waals surface area contributed by atoms with E-state index in [2.05, 4.69) is 19.2 Å². The number of rotatable bonds is 4. The second kappa shape index (κ2) is 6.53. The molecule has 0 radical (unpaired) electrons. The highest BCUT2D eigenvalue weighted by Crippen LogP contribution is 2.22. The van der Waals surface area contributed by atoms with Crippen LogP contribution in [0.5, 0.6) is 0 Å². The van der Waals surface area contributed by atoms with E-state index in [9.17, 15) is 4.79 Å². The van der Waals surface area contributed by atoms with Gasteiger partial charge in [0.15, 0.2) is 0 Å². The van der Waals surface area contributed by atoms with Gasteiger partial charge in [-0.15, -0.1) is 11.3 Å². The molecular weight excluding hydrogens is 256 g/mol. The van der Waals surface area contributed by atoms with Crippen LogP contribution in [0.1, 0.15) is 41.2 Å². The average Bonchev–Trinajstić information content (AvgIpc) is 2.82. The summed E-state index contributed by atoms with van der Waals surface area (Å²) in [6.07, 6.45) is 2.35. The highest BCUT2D eigenvalue weighted by Gasteiger charge is 2.25. The molecule has 1 saturated heterocycles. The number of amides is 1. The molecule has 0 saturated carbocycles. The van der Waals surface area contributed by atoms with Gasteiger partial charge in [0.2, 0.25) is 0 Å². The second-order valence-corrected chi connectivity index (χ2v) is 7.02. The summed E-state index contributed by atoms with van der Waals surface area (Å²) >= 11 is 1.60. The van der Waals surface area contributed by atoms with Crippen molar-refractivity contribution in [3.05, 3.63) is 21.9 Å². The standard InChI is InChI=1S/C15H24N2OS/c1-11(2)16-9-13-5-4-8-17(10-13)15(18)14-7-6-12(3)19-14/h6-7,11,13,16H,4-5,8-10H2,1-3H3. The molecule has 0 spiro atoms. The van der Waals surface area contributed by atoms with Gasteiger partial charge >= 0.3 is 0 Å². The maximum atomic E-state index is 12.4. The van der Waals surface area contributed by atoms with Crippen molar-refractivity contribution >= 4 is 17.2 Å². The number of carbonyl (C=O) groups is 1. The fourth-order valence-electron chi connectivity index (χ4n) is 2.52. The number of piperidine rings is 1. The molecule has 1 amide bonds. The topological polar surface area (TPSA) is 32.3 Å². The van der Waals surface area contributed by atoms with E-state index in [0.29, 0.717) is 12.0 Å². The van der Waals surface area contributed by atoms with Gasteiger partial charge in [0.25, 0.3) is 5.91 Å². The Bertz CT molecular complexity index is 428. The van der Waals surface area contributed by atoms with Crippen LogP contribution in [0.4, 0.5) is 0 Å². The van der Waals surface area contributed by atoms with Crippen molar-refractivity contribution in [2.75, 3.05) is 19.6 Å². The zero-order valence-electron chi connectivity index (χ0n) is 12.1. The molecule has 1 atom stereocenters. The number of nitrogens with one attached hydrogen (secondary N) is 1. The first-order valence-corrected chi connectivity index (χ1v) is 7.97. The lowest BCUT2D eigenvalue weighted by Gasteiger charge is -2.33. The zero-order valence-corrected chi connectivity index (χ0v) is 12.9. The first-order valence-electron chi connectivity index (χ1n) is 7.15. The molecule has 2 heterocycles. The number of nitrogens with zero attached hydrogens (tertiary/aromatic N) is 1. The zero-order chi connectivity index (χ0) is 13.8. The lowest BCUT2D eigenvalue weighted by Crippen LogP contribution is -2.43. The second-order valence-electron chi connectivity index (χ2n) is 5.73. The van der Waals surface area contributed by atoms with E-state index >= 15 is 0 Å². The Morgan fingerprint density at radius 1 is 1.53 bits per heavy atom. The number of carbonyl (C=O) groups excluding carboxylic acids is 1. The van der Waals surface area contributed by atoms with Crippen LogP contribution in [0, 0.1) is 12.8 Å². The molecule has 1 aromatic rings. The fourth-order valence-corrected chi connectivity index (χ4v) is 3.36. The minimum absolute atomic E-state index is 0.215. The highest BCUT2D eigenvalue weighted by atomic mass is 32.1. The van der Waals surface area contributed by atoms with Crippen molar-refractivity contribution in [3.63, 3.8) is 0 Å². The Balaban J connectivity index is 1.91. The van der Waals surface area contributed by atoms with Gasteiger partial charge in [-0.25, -0.2) is 0 Å². The summed E-state index contributed by atoms with van der Waals surface area (Å²) in [6.45, 7) is 9.21.